The van der Waals surface area contributed by atoms with E-state index in [0.29, 0.717) is 5.82 Å². The predicted molar refractivity (Wildman–Crippen MR) is 162 cm³/mol. The Balaban J connectivity index is 1.27. The van der Waals surface area contributed by atoms with Crippen molar-refractivity contribution in [3.05, 3.63) is 108 Å². The minimum Gasteiger partial charge on any atom is -0.323 e. The third-order valence-electron chi connectivity index (χ3n) is 7.72. The Morgan fingerprint density at radius 3 is 2.41 bits per heavy atom. The summed E-state index contributed by atoms with van der Waals surface area (Å²) < 4.78 is 4.52. The fourth-order valence-corrected chi connectivity index (χ4v) is 5.65. The molecule has 7 rings (SSSR count). The van der Waals surface area contributed by atoms with Crippen molar-refractivity contribution < 1.29 is 0 Å². The maximum absolute atomic E-state index is 5.11. The van der Waals surface area contributed by atoms with Crippen molar-refractivity contribution in [1.82, 2.24) is 39.6 Å². The van der Waals surface area contributed by atoms with Crippen LogP contribution in [0.4, 0.5) is 0 Å². The topological polar surface area (TPSA) is 89.6 Å². The van der Waals surface area contributed by atoms with Crippen LogP contribution in [0, 0.1) is 13.8 Å². The molecule has 0 amide bonds. The van der Waals surface area contributed by atoms with Crippen LogP contribution in [0.15, 0.2) is 85.1 Å². The van der Waals surface area contributed by atoms with Crippen LogP contribution in [0.25, 0.3) is 50.5 Å². The Morgan fingerprint density at radius 2 is 1.66 bits per heavy atom. The van der Waals surface area contributed by atoms with Crippen molar-refractivity contribution in [1.29, 1.82) is 0 Å². The number of nitrogens with one attached hydrogen (secondary N) is 1. The van der Waals surface area contributed by atoms with E-state index in [2.05, 4.69) is 117 Å². The van der Waals surface area contributed by atoms with Crippen LogP contribution in [-0.2, 0) is 13.0 Å². The summed E-state index contributed by atoms with van der Waals surface area (Å²) in [7, 11) is 0. The number of aromatic nitrogens is 8. The van der Waals surface area contributed by atoms with Gasteiger partial charge in [0.25, 0.3) is 0 Å². The molecule has 8 nitrogen and oxygen atoms in total. The first-order chi connectivity index (χ1) is 20.1. The highest BCUT2D eigenvalue weighted by molar-refractivity contribution is 5.86. The fourth-order valence-electron chi connectivity index (χ4n) is 5.65. The number of imidazole rings is 2. The van der Waals surface area contributed by atoms with Crippen molar-refractivity contribution >= 4 is 16.7 Å². The second kappa shape index (κ2) is 10.1. The summed E-state index contributed by atoms with van der Waals surface area (Å²) in [6.45, 7) is 7.20. The van der Waals surface area contributed by atoms with Gasteiger partial charge < -0.3 is 8.97 Å². The number of rotatable bonds is 7. The molecule has 7 aromatic rings. The molecule has 0 atom stereocenters. The van der Waals surface area contributed by atoms with Crippen molar-refractivity contribution in [2.24, 2.45) is 0 Å². The average molecular weight is 539 g/mol. The molecule has 8 heteroatoms. The molecule has 0 aliphatic heterocycles. The SMILES string of the molecule is CCCc1nc2c(C)cc(-c3cn4c(C)cccc4n3)cc2n1Cc1ccc(-c2ccccc2-c2nnn[nH]2)cc1. The smallest absolute Gasteiger partial charge is 0.180 e. The number of fused-ring (bicyclic) bond motifs is 2. The molecule has 202 valence electrons. The number of hydrogen-bond acceptors (Lipinski definition) is 5. The van der Waals surface area contributed by atoms with Gasteiger partial charge in [0.05, 0.1) is 16.7 Å². The highest BCUT2D eigenvalue weighted by Gasteiger charge is 2.16. The zero-order valence-electron chi connectivity index (χ0n) is 23.3. The zero-order chi connectivity index (χ0) is 27.9. The molecule has 0 unspecified atom stereocenters. The van der Waals surface area contributed by atoms with Gasteiger partial charge in [0, 0.05) is 36.0 Å². The summed E-state index contributed by atoms with van der Waals surface area (Å²) in [5.74, 6) is 1.77. The number of nitrogens with zero attached hydrogens (tertiary/aromatic N) is 7. The van der Waals surface area contributed by atoms with E-state index in [1.807, 2.05) is 18.2 Å². The fraction of sp³-hybridized carbons (Fsp3) is 0.182. The molecular weight excluding hydrogens is 508 g/mol. The van der Waals surface area contributed by atoms with Crippen LogP contribution in [-0.4, -0.2) is 39.6 Å². The van der Waals surface area contributed by atoms with Gasteiger partial charge >= 0.3 is 0 Å². The molecular formula is C33H30N8. The van der Waals surface area contributed by atoms with Crippen LogP contribution in [0.3, 0.4) is 0 Å². The first-order valence-corrected chi connectivity index (χ1v) is 14.0. The Morgan fingerprint density at radius 1 is 0.829 bits per heavy atom. The third kappa shape index (κ3) is 4.47. The average Bonchev–Trinajstić information content (AvgIpc) is 3.75. The molecule has 0 radical (unpaired) electrons. The van der Waals surface area contributed by atoms with Crippen LogP contribution < -0.4 is 0 Å². The van der Waals surface area contributed by atoms with E-state index in [4.69, 9.17) is 9.97 Å². The monoisotopic (exact) mass is 538 g/mol. The predicted octanol–water partition coefficient (Wildman–Crippen LogP) is 6.82. The largest absolute Gasteiger partial charge is 0.323 e. The second-order valence-electron chi connectivity index (χ2n) is 10.5. The molecule has 0 aliphatic rings. The quantitative estimate of drug-likeness (QED) is 0.241. The van der Waals surface area contributed by atoms with Crippen molar-refractivity contribution in [3.63, 3.8) is 0 Å². The molecule has 0 aliphatic carbocycles. The van der Waals surface area contributed by atoms with Gasteiger partial charge in [0.1, 0.15) is 11.5 Å². The van der Waals surface area contributed by atoms with Crippen LogP contribution >= 0.6 is 0 Å². The zero-order valence-corrected chi connectivity index (χ0v) is 23.3. The number of aromatic amines is 1. The van der Waals surface area contributed by atoms with E-state index < -0.39 is 0 Å². The van der Waals surface area contributed by atoms with Gasteiger partial charge in [-0.3, -0.25) is 0 Å². The number of tetrazole rings is 1. The van der Waals surface area contributed by atoms with Gasteiger partial charge in [-0.15, -0.1) is 5.10 Å². The summed E-state index contributed by atoms with van der Waals surface area (Å²) >= 11 is 0. The lowest BCUT2D eigenvalue weighted by molar-refractivity contribution is 0.722. The Labute approximate surface area is 237 Å². The molecule has 1 N–H and O–H groups in total. The summed E-state index contributed by atoms with van der Waals surface area (Å²) in [6.07, 6.45) is 4.09. The van der Waals surface area contributed by atoms with Gasteiger partial charge in [0.2, 0.25) is 0 Å². The molecule has 3 aromatic carbocycles. The first-order valence-electron chi connectivity index (χ1n) is 14.0. The lowest BCUT2D eigenvalue weighted by atomic mass is 9.98. The summed E-state index contributed by atoms with van der Waals surface area (Å²) in [4.78, 5) is 10.0. The molecule has 0 fully saturated rings. The molecule has 4 aromatic heterocycles. The highest BCUT2D eigenvalue weighted by atomic mass is 15.5. The first kappa shape index (κ1) is 24.9. The van der Waals surface area contributed by atoms with Crippen molar-refractivity contribution in [3.8, 4) is 33.8 Å². The highest BCUT2D eigenvalue weighted by Crippen LogP contribution is 2.32. The normalized spacial score (nSPS) is 11.6. The minimum atomic E-state index is 0.658. The summed E-state index contributed by atoms with van der Waals surface area (Å²) in [5, 5.41) is 14.5. The molecule has 41 heavy (non-hydrogen) atoms. The van der Waals surface area contributed by atoms with E-state index >= 15 is 0 Å². The number of pyridine rings is 1. The van der Waals surface area contributed by atoms with Gasteiger partial charge in [-0.2, -0.15) is 0 Å². The van der Waals surface area contributed by atoms with E-state index in [1.165, 1.54) is 5.56 Å². The van der Waals surface area contributed by atoms with Crippen molar-refractivity contribution in [2.75, 3.05) is 0 Å². The lowest BCUT2D eigenvalue weighted by Gasteiger charge is -2.12. The van der Waals surface area contributed by atoms with Crippen LogP contribution in [0.5, 0.6) is 0 Å². The van der Waals surface area contributed by atoms with E-state index in [0.717, 1.165) is 81.1 Å². The molecule has 0 spiro atoms. The summed E-state index contributed by atoms with van der Waals surface area (Å²) in [5.41, 5.74) is 12.0. The number of hydrogen-bond donors (Lipinski definition) is 1. The number of aryl methyl sites for hydroxylation is 3. The van der Waals surface area contributed by atoms with Crippen LogP contribution in [0.1, 0.15) is 36.0 Å². The Bertz CT molecular complexity index is 2000. The van der Waals surface area contributed by atoms with Gasteiger partial charge in [0.15, 0.2) is 5.82 Å². The van der Waals surface area contributed by atoms with Gasteiger partial charge in [-0.05, 0) is 77.2 Å². The van der Waals surface area contributed by atoms with Gasteiger partial charge in [-0.1, -0.05) is 61.5 Å². The Hall–Kier alpha value is -5.11. The van der Waals surface area contributed by atoms with E-state index in [9.17, 15) is 0 Å². The molecule has 0 bridgehead atoms. The second-order valence-corrected chi connectivity index (χ2v) is 10.5. The van der Waals surface area contributed by atoms with Crippen LogP contribution in [0.2, 0.25) is 0 Å². The third-order valence-corrected chi connectivity index (χ3v) is 7.72. The maximum atomic E-state index is 5.11. The minimum absolute atomic E-state index is 0.658. The molecule has 0 saturated carbocycles. The Kier molecular flexibility index (Phi) is 6.15. The van der Waals surface area contributed by atoms with Gasteiger partial charge in [-0.25, -0.2) is 15.1 Å². The van der Waals surface area contributed by atoms with E-state index in [1.54, 1.807) is 0 Å². The lowest BCUT2D eigenvalue weighted by Crippen LogP contribution is -2.05. The maximum Gasteiger partial charge on any atom is 0.180 e. The number of benzene rings is 3. The van der Waals surface area contributed by atoms with Crippen molar-refractivity contribution in [2.45, 2.75) is 40.2 Å². The summed E-state index contributed by atoms with van der Waals surface area (Å²) in [6, 6.07) is 27.6. The van der Waals surface area contributed by atoms with E-state index in [-0.39, 0.29) is 0 Å². The number of H-pyrrole nitrogens is 1. The molecule has 4 heterocycles. The molecule has 0 saturated heterocycles. The standard InChI is InChI=1S/C33H30N8/c1-4-8-30-35-32-21(2)17-25(28-20-40-22(3)9-7-12-31(40)34-28)18-29(32)41(30)19-23-13-15-24(16-14-23)26-10-5-6-11-27(26)33-36-38-39-37-33/h5-7,9-18,20H,4,8,19H2,1-3H3,(H,36,37,38,39).